The standard InChI is InChI=1S/C14H11N5O2/c20-19(21)13-9-5-4-8-12(13)14-15-17-18(16-14)10-11-6-2-1-3-7-11/h1-9H,10H2. The lowest BCUT2D eigenvalue weighted by Crippen LogP contribution is -2.03. The first kappa shape index (κ1) is 12.9. The molecule has 0 aliphatic carbocycles. The van der Waals surface area contributed by atoms with E-state index >= 15 is 0 Å². The van der Waals surface area contributed by atoms with Gasteiger partial charge in [0.25, 0.3) is 5.69 Å². The lowest BCUT2D eigenvalue weighted by molar-refractivity contribution is -0.384. The van der Waals surface area contributed by atoms with Gasteiger partial charge < -0.3 is 0 Å². The van der Waals surface area contributed by atoms with Gasteiger partial charge in [-0.1, -0.05) is 42.5 Å². The average Bonchev–Trinajstić information content (AvgIpc) is 2.96. The van der Waals surface area contributed by atoms with Crippen molar-refractivity contribution < 1.29 is 4.92 Å². The van der Waals surface area contributed by atoms with Crippen LogP contribution in [0.3, 0.4) is 0 Å². The first-order chi connectivity index (χ1) is 10.2. The Morgan fingerprint density at radius 3 is 2.52 bits per heavy atom. The fourth-order valence-electron chi connectivity index (χ4n) is 1.99. The molecule has 7 heteroatoms. The highest BCUT2D eigenvalue weighted by molar-refractivity contribution is 5.66. The zero-order valence-electron chi connectivity index (χ0n) is 11.0. The molecule has 0 bridgehead atoms. The normalized spacial score (nSPS) is 10.5. The number of nitro groups is 1. The van der Waals surface area contributed by atoms with Crippen LogP contribution in [0.1, 0.15) is 5.56 Å². The molecule has 21 heavy (non-hydrogen) atoms. The van der Waals surface area contributed by atoms with E-state index < -0.39 is 4.92 Å². The quantitative estimate of drug-likeness (QED) is 0.541. The zero-order chi connectivity index (χ0) is 14.7. The molecule has 7 nitrogen and oxygen atoms in total. The van der Waals surface area contributed by atoms with Gasteiger partial charge in [0.15, 0.2) is 0 Å². The lowest BCUT2D eigenvalue weighted by atomic mass is 10.2. The fourth-order valence-corrected chi connectivity index (χ4v) is 1.99. The summed E-state index contributed by atoms with van der Waals surface area (Å²) >= 11 is 0. The van der Waals surface area contributed by atoms with Crippen LogP contribution < -0.4 is 0 Å². The Hall–Kier alpha value is -3.09. The van der Waals surface area contributed by atoms with Crippen molar-refractivity contribution in [2.24, 2.45) is 0 Å². The van der Waals surface area contributed by atoms with E-state index in [2.05, 4.69) is 15.4 Å². The maximum atomic E-state index is 11.0. The average molecular weight is 281 g/mol. The molecule has 0 aliphatic rings. The number of rotatable bonds is 4. The van der Waals surface area contributed by atoms with Gasteiger partial charge in [-0.15, -0.1) is 10.2 Å². The van der Waals surface area contributed by atoms with E-state index in [9.17, 15) is 10.1 Å². The predicted octanol–water partition coefficient (Wildman–Crippen LogP) is 2.30. The molecule has 104 valence electrons. The molecule has 3 rings (SSSR count). The fraction of sp³-hybridized carbons (Fsp3) is 0.0714. The van der Waals surface area contributed by atoms with Gasteiger partial charge in [0.1, 0.15) is 5.56 Å². The number of hydrogen-bond donors (Lipinski definition) is 0. The van der Waals surface area contributed by atoms with Crippen molar-refractivity contribution in [3.05, 3.63) is 70.3 Å². The number of benzene rings is 2. The maximum absolute atomic E-state index is 11.0. The third kappa shape index (κ3) is 2.76. The smallest absolute Gasteiger partial charge is 0.258 e. The minimum atomic E-state index is -0.451. The molecule has 2 aromatic carbocycles. The van der Waals surface area contributed by atoms with Crippen LogP contribution in [0.2, 0.25) is 0 Å². The van der Waals surface area contributed by atoms with Gasteiger partial charge in [0.05, 0.1) is 11.5 Å². The van der Waals surface area contributed by atoms with E-state index in [4.69, 9.17) is 0 Å². The van der Waals surface area contributed by atoms with E-state index in [1.54, 1.807) is 18.2 Å². The van der Waals surface area contributed by atoms with Crippen LogP contribution in [-0.4, -0.2) is 25.1 Å². The van der Waals surface area contributed by atoms with E-state index in [1.807, 2.05) is 30.3 Å². The van der Waals surface area contributed by atoms with Gasteiger partial charge in [-0.3, -0.25) is 10.1 Å². The zero-order valence-corrected chi connectivity index (χ0v) is 11.0. The van der Waals surface area contributed by atoms with Crippen molar-refractivity contribution in [3.63, 3.8) is 0 Å². The van der Waals surface area contributed by atoms with Crippen LogP contribution in [0.5, 0.6) is 0 Å². The highest BCUT2D eigenvalue weighted by Crippen LogP contribution is 2.25. The van der Waals surface area contributed by atoms with Gasteiger partial charge >= 0.3 is 0 Å². The van der Waals surface area contributed by atoms with Crippen molar-refractivity contribution in [3.8, 4) is 11.4 Å². The van der Waals surface area contributed by atoms with Crippen molar-refractivity contribution in [1.29, 1.82) is 0 Å². The van der Waals surface area contributed by atoms with E-state index in [1.165, 1.54) is 10.9 Å². The van der Waals surface area contributed by atoms with Crippen LogP contribution >= 0.6 is 0 Å². The summed E-state index contributed by atoms with van der Waals surface area (Å²) in [4.78, 5) is 12.0. The molecule has 0 fully saturated rings. The summed E-state index contributed by atoms with van der Waals surface area (Å²) < 4.78 is 0. The third-order valence-electron chi connectivity index (χ3n) is 2.96. The predicted molar refractivity (Wildman–Crippen MR) is 75.5 cm³/mol. The topological polar surface area (TPSA) is 86.7 Å². The SMILES string of the molecule is O=[N+]([O-])c1ccccc1-c1nnn(Cc2ccccc2)n1. The number of tetrazole rings is 1. The molecular formula is C14H11N5O2. The summed E-state index contributed by atoms with van der Waals surface area (Å²) in [6.45, 7) is 0.467. The Kier molecular flexibility index (Phi) is 3.38. The van der Waals surface area contributed by atoms with E-state index in [0.29, 0.717) is 12.1 Å². The minimum absolute atomic E-state index is 0.0308. The summed E-state index contributed by atoms with van der Waals surface area (Å²) in [7, 11) is 0. The van der Waals surface area contributed by atoms with E-state index in [-0.39, 0.29) is 11.5 Å². The Morgan fingerprint density at radius 1 is 1.05 bits per heavy atom. The van der Waals surface area contributed by atoms with Gasteiger partial charge in [-0.2, -0.15) is 4.80 Å². The molecule has 0 spiro atoms. The molecule has 0 atom stereocenters. The van der Waals surface area contributed by atoms with Crippen LogP contribution in [0, 0.1) is 10.1 Å². The van der Waals surface area contributed by atoms with Crippen LogP contribution in [0.25, 0.3) is 11.4 Å². The molecular weight excluding hydrogens is 270 g/mol. The lowest BCUT2D eigenvalue weighted by Gasteiger charge is -1.98. The minimum Gasteiger partial charge on any atom is -0.258 e. The van der Waals surface area contributed by atoms with E-state index in [0.717, 1.165) is 5.56 Å². The first-order valence-corrected chi connectivity index (χ1v) is 6.29. The molecule has 0 unspecified atom stereocenters. The highest BCUT2D eigenvalue weighted by atomic mass is 16.6. The van der Waals surface area contributed by atoms with Crippen LogP contribution in [-0.2, 0) is 6.54 Å². The van der Waals surface area contributed by atoms with Gasteiger partial charge in [-0.05, 0) is 16.8 Å². The molecule has 3 aromatic rings. The molecule has 0 saturated heterocycles. The molecule has 0 radical (unpaired) electrons. The largest absolute Gasteiger partial charge is 0.280 e. The van der Waals surface area contributed by atoms with Gasteiger partial charge in [0.2, 0.25) is 5.82 Å². The summed E-state index contributed by atoms with van der Waals surface area (Å²) in [5, 5.41) is 23.1. The monoisotopic (exact) mass is 281 g/mol. The number of nitrogens with zero attached hydrogens (tertiary/aromatic N) is 5. The Bertz CT molecular complexity index is 770. The molecule has 0 amide bonds. The van der Waals surface area contributed by atoms with Gasteiger partial charge in [-0.25, -0.2) is 0 Å². The van der Waals surface area contributed by atoms with Gasteiger partial charge in [0, 0.05) is 6.07 Å². The molecule has 0 aliphatic heterocycles. The summed E-state index contributed by atoms with van der Waals surface area (Å²) in [6.07, 6.45) is 0. The second kappa shape index (κ2) is 5.49. The third-order valence-corrected chi connectivity index (χ3v) is 2.96. The number of hydrogen-bond acceptors (Lipinski definition) is 5. The van der Waals surface area contributed by atoms with Crippen molar-refractivity contribution in [2.75, 3.05) is 0 Å². The number of para-hydroxylation sites is 1. The second-order valence-corrected chi connectivity index (χ2v) is 4.40. The first-order valence-electron chi connectivity index (χ1n) is 6.29. The number of nitro benzene ring substituents is 1. The van der Waals surface area contributed by atoms with Crippen LogP contribution in [0.4, 0.5) is 5.69 Å². The highest BCUT2D eigenvalue weighted by Gasteiger charge is 2.18. The maximum Gasteiger partial charge on any atom is 0.280 e. The Labute approximate surface area is 120 Å². The number of aromatic nitrogens is 4. The Morgan fingerprint density at radius 2 is 1.76 bits per heavy atom. The van der Waals surface area contributed by atoms with Crippen molar-refractivity contribution in [1.82, 2.24) is 20.2 Å². The molecule has 1 aromatic heterocycles. The molecule has 0 saturated carbocycles. The summed E-state index contributed by atoms with van der Waals surface area (Å²) in [6, 6.07) is 16.0. The van der Waals surface area contributed by atoms with Crippen molar-refractivity contribution in [2.45, 2.75) is 6.54 Å². The summed E-state index contributed by atoms with van der Waals surface area (Å²) in [5.41, 5.74) is 1.36. The second-order valence-electron chi connectivity index (χ2n) is 4.40. The Balaban J connectivity index is 1.90. The summed E-state index contributed by atoms with van der Waals surface area (Å²) in [5.74, 6) is 0.248. The molecule has 1 heterocycles. The van der Waals surface area contributed by atoms with Crippen molar-refractivity contribution >= 4 is 5.69 Å². The molecule has 0 N–H and O–H groups in total. The van der Waals surface area contributed by atoms with Crippen LogP contribution in [0.15, 0.2) is 54.6 Å².